The van der Waals surface area contributed by atoms with E-state index in [1.807, 2.05) is 18.2 Å². The Labute approximate surface area is 92.6 Å². The Morgan fingerprint density at radius 3 is 2.27 bits per heavy atom. The predicted octanol–water partition coefficient (Wildman–Crippen LogP) is 4.61. The lowest BCUT2D eigenvalue weighted by atomic mass is 10.1. The zero-order chi connectivity index (χ0) is 11.1. The molecule has 15 heavy (non-hydrogen) atoms. The average molecular weight is 198 g/mol. The van der Waals surface area contributed by atoms with Crippen molar-refractivity contribution in [2.45, 2.75) is 20.8 Å². The molecule has 0 N–H and O–H groups in total. The average Bonchev–Trinajstić information content (AvgIpc) is 2.18. The van der Waals surface area contributed by atoms with Crippen LogP contribution in [-0.2, 0) is 0 Å². The number of hydrogen-bond acceptors (Lipinski definition) is 0. The van der Waals surface area contributed by atoms with Gasteiger partial charge in [0, 0.05) is 0 Å². The van der Waals surface area contributed by atoms with Gasteiger partial charge in [0.1, 0.15) is 0 Å². The number of allylic oxidation sites excluding steroid dienone is 5. The van der Waals surface area contributed by atoms with E-state index in [9.17, 15) is 0 Å². The van der Waals surface area contributed by atoms with Crippen molar-refractivity contribution >= 4 is 6.08 Å². The molecule has 0 aliphatic rings. The predicted molar refractivity (Wildman–Crippen MR) is 68.7 cm³/mol. The van der Waals surface area contributed by atoms with Crippen molar-refractivity contribution in [3.63, 3.8) is 0 Å². The monoisotopic (exact) mass is 198 g/mol. The summed E-state index contributed by atoms with van der Waals surface area (Å²) in [7, 11) is 0. The normalized spacial score (nSPS) is 11.8. The summed E-state index contributed by atoms with van der Waals surface area (Å²) in [5, 5.41) is 0. The molecule has 0 aliphatic carbocycles. The van der Waals surface area contributed by atoms with Gasteiger partial charge in [-0.15, -0.1) is 0 Å². The largest absolute Gasteiger partial charge is 0.0762 e. The second-order valence-electron chi connectivity index (χ2n) is 3.90. The maximum atomic E-state index is 2.18. The van der Waals surface area contributed by atoms with Crippen molar-refractivity contribution in [2.24, 2.45) is 0 Å². The minimum atomic E-state index is 1.23. The molecule has 0 saturated carbocycles. The van der Waals surface area contributed by atoms with E-state index in [0.29, 0.717) is 0 Å². The van der Waals surface area contributed by atoms with E-state index in [1.54, 1.807) is 0 Å². The fourth-order valence-corrected chi connectivity index (χ4v) is 1.38. The summed E-state index contributed by atoms with van der Waals surface area (Å²) in [5.41, 5.74) is 3.85. The minimum Gasteiger partial charge on any atom is -0.0762 e. The first-order valence-corrected chi connectivity index (χ1v) is 5.23. The summed E-state index contributed by atoms with van der Waals surface area (Å²) in [6.07, 6.45) is 8.50. The Morgan fingerprint density at radius 1 is 1.00 bits per heavy atom. The lowest BCUT2D eigenvalue weighted by Gasteiger charge is -1.92. The van der Waals surface area contributed by atoms with Gasteiger partial charge in [-0.1, -0.05) is 65.8 Å². The van der Waals surface area contributed by atoms with Crippen LogP contribution < -0.4 is 0 Å². The van der Waals surface area contributed by atoms with Crippen LogP contribution in [0.15, 0.2) is 59.7 Å². The van der Waals surface area contributed by atoms with Crippen molar-refractivity contribution in [3.05, 3.63) is 65.3 Å². The first-order chi connectivity index (χ1) is 7.18. The third-order valence-corrected chi connectivity index (χ3v) is 1.96. The van der Waals surface area contributed by atoms with Crippen LogP contribution in [0.4, 0.5) is 0 Å². The molecule has 0 heteroatoms. The van der Waals surface area contributed by atoms with Crippen molar-refractivity contribution in [1.82, 2.24) is 0 Å². The smallest absolute Gasteiger partial charge is 0.0257 e. The van der Waals surface area contributed by atoms with Gasteiger partial charge in [-0.25, -0.2) is 0 Å². The maximum absolute atomic E-state index is 2.18. The summed E-state index contributed by atoms with van der Waals surface area (Å²) in [6.45, 7) is 6.33. The molecular weight excluding hydrogens is 180 g/mol. The number of benzene rings is 1. The summed E-state index contributed by atoms with van der Waals surface area (Å²) in [5.74, 6) is 0. The molecule has 1 rings (SSSR count). The Bertz CT molecular complexity index is 374. The Hall–Kier alpha value is -1.56. The molecule has 0 saturated heterocycles. The van der Waals surface area contributed by atoms with Crippen LogP contribution in [0, 0.1) is 0 Å². The van der Waals surface area contributed by atoms with Gasteiger partial charge in [0.15, 0.2) is 0 Å². The molecule has 0 aromatic heterocycles. The van der Waals surface area contributed by atoms with Gasteiger partial charge in [-0.05, 0) is 26.3 Å². The summed E-state index contributed by atoms with van der Waals surface area (Å²) < 4.78 is 0. The van der Waals surface area contributed by atoms with Crippen LogP contribution in [0.2, 0.25) is 0 Å². The van der Waals surface area contributed by atoms with Gasteiger partial charge in [0.2, 0.25) is 0 Å². The Balaban J connectivity index is 2.64. The molecule has 78 valence electrons. The van der Waals surface area contributed by atoms with Crippen LogP contribution in [0.3, 0.4) is 0 Å². The highest BCUT2D eigenvalue weighted by atomic mass is 13.9. The van der Waals surface area contributed by atoms with E-state index < -0.39 is 0 Å². The number of hydrogen-bond donors (Lipinski definition) is 0. The lowest BCUT2D eigenvalue weighted by Crippen LogP contribution is -1.70. The van der Waals surface area contributed by atoms with Crippen molar-refractivity contribution in [3.8, 4) is 0 Å². The SMILES string of the molecule is CC(C)=C/C(C)=C\C=C\c1ccccc1. The molecule has 1 aromatic carbocycles. The molecule has 0 atom stereocenters. The molecule has 1 aromatic rings. The molecule has 0 aliphatic heterocycles. The van der Waals surface area contributed by atoms with Gasteiger partial charge < -0.3 is 0 Å². The van der Waals surface area contributed by atoms with E-state index in [2.05, 4.69) is 57.2 Å². The van der Waals surface area contributed by atoms with E-state index in [4.69, 9.17) is 0 Å². The summed E-state index contributed by atoms with van der Waals surface area (Å²) >= 11 is 0. The second-order valence-corrected chi connectivity index (χ2v) is 3.90. The maximum Gasteiger partial charge on any atom is -0.0257 e. The quantitative estimate of drug-likeness (QED) is 0.622. The van der Waals surface area contributed by atoms with Crippen LogP contribution in [0.1, 0.15) is 26.3 Å². The molecule has 0 bridgehead atoms. The van der Waals surface area contributed by atoms with Crippen molar-refractivity contribution in [1.29, 1.82) is 0 Å². The highest BCUT2D eigenvalue weighted by Crippen LogP contribution is 2.04. The molecular formula is C15H18. The summed E-state index contributed by atoms with van der Waals surface area (Å²) in [6, 6.07) is 10.3. The zero-order valence-corrected chi connectivity index (χ0v) is 9.70. The molecule has 0 amide bonds. The summed E-state index contributed by atoms with van der Waals surface area (Å²) in [4.78, 5) is 0. The van der Waals surface area contributed by atoms with Gasteiger partial charge in [0.25, 0.3) is 0 Å². The highest BCUT2D eigenvalue weighted by molar-refractivity contribution is 5.51. The fourth-order valence-electron chi connectivity index (χ4n) is 1.38. The van der Waals surface area contributed by atoms with Crippen molar-refractivity contribution < 1.29 is 0 Å². The molecule has 0 nitrogen and oxygen atoms in total. The van der Waals surface area contributed by atoms with Gasteiger partial charge in [0.05, 0.1) is 0 Å². The van der Waals surface area contributed by atoms with E-state index in [0.717, 1.165) is 0 Å². The highest BCUT2D eigenvalue weighted by Gasteiger charge is 1.82. The molecule has 0 heterocycles. The Kier molecular flexibility index (Phi) is 4.62. The molecule has 0 unspecified atom stereocenters. The minimum absolute atomic E-state index is 1.23. The number of rotatable bonds is 3. The van der Waals surface area contributed by atoms with Gasteiger partial charge in [-0.3, -0.25) is 0 Å². The topological polar surface area (TPSA) is 0 Å². The lowest BCUT2D eigenvalue weighted by molar-refractivity contribution is 1.35. The Morgan fingerprint density at radius 2 is 1.67 bits per heavy atom. The third kappa shape index (κ3) is 5.02. The first-order valence-electron chi connectivity index (χ1n) is 5.23. The second kappa shape index (κ2) is 6.02. The van der Waals surface area contributed by atoms with E-state index in [-0.39, 0.29) is 0 Å². The van der Waals surface area contributed by atoms with Crippen LogP contribution in [0.25, 0.3) is 6.08 Å². The van der Waals surface area contributed by atoms with Crippen LogP contribution in [0.5, 0.6) is 0 Å². The molecule has 0 fully saturated rings. The standard InChI is InChI=1S/C15H18/c1-13(2)12-14(3)8-7-11-15-9-5-4-6-10-15/h4-12H,1-3H3/b11-7+,14-8-. The van der Waals surface area contributed by atoms with E-state index in [1.165, 1.54) is 16.7 Å². The van der Waals surface area contributed by atoms with Gasteiger partial charge >= 0.3 is 0 Å². The van der Waals surface area contributed by atoms with Crippen molar-refractivity contribution in [2.75, 3.05) is 0 Å². The van der Waals surface area contributed by atoms with Gasteiger partial charge in [-0.2, -0.15) is 0 Å². The zero-order valence-electron chi connectivity index (χ0n) is 9.70. The third-order valence-electron chi connectivity index (χ3n) is 1.96. The van der Waals surface area contributed by atoms with Crippen LogP contribution >= 0.6 is 0 Å². The first kappa shape index (κ1) is 11.5. The molecule has 0 spiro atoms. The molecule has 0 radical (unpaired) electrons. The fraction of sp³-hybridized carbons (Fsp3) is 0.200. The van der Waals surface area contributed by atoms with Crippen LogP contribution in [-0.4, -0.2) is 0 Å². The van der Waals surface area contributed by atoms with E-state index >= 15 is 0 Å².